The second-order valence-electron chi connectivity index (χ2n) is 15.3. The van der Waals surface area contributed by atoms with Crippen LogP contribution in [0.15, 0.2) is 212 Å². The Bertz CT molecular complexity index is 2880. The number of nitrogens with zero attached hydrogens (tertiary/aromatic N) is 1. The standard InChI is InChI=1S/C55H41N/c1-55(2)52-30-10-8-26-50(52)51-29-15-28-49(54(51)55)40-32-34-44(35-33-40)56(45-23-13-22-43(37-45)47-27-14-19-39-18-6-7-24-46(39)47)53-31-11-9-25-48(53)42-21-12-20-41(36-42)38-16-4-3-5-17-38/h3-37H,1-2H3. The molecule has 0 N–H and O–H groups in total. The Hall–Kier alpha value is -6.96. The molecule has 266 valence electrons. The summed E-state index contributed by atoms with van der Waals surface area (Å²) in [6.07, 6.45) is 0. The van der Waals surface area contributed by atoms with Gasteiger partial charge in [0, 0.05) is 22.4 Å². The molecule has 1 aliphatic rings. The SMILES string of the molecule is CC1(C)c2ccccc2-c2cccc(-c3ccc(N(c4cccc(-c5cccc6ccccc56)c4)c4ccccc4-c4cccc(-c5ccccc5)c4)cc3)c21. The minimum Gasteiger partial charge on any atom is -0.310 e. The number of hydrogen-bond donors (Lipinski definition) is 0. The van der Waals surface area contributed by atoms with Crippen molar-refractivity contribution in [3.05, 3.63) is 223 Å². The van der Waals surface area contributed by atoms with Crippen molar-refractivity contribution in [3.63, 3.8) is 0 Å². The number of benzene rings is 9. The molecule has 9 aromatic rings. The van der Waals surface area contributed by atoms with Crippen LogP contribution in [-0.2, 0) is 5.41 Å². The van der Waals surface area contributed by atoms with Gasteiger partial charge in [0.05, 0.1) is 5.69 Å². The Labute approximate surface area is 329 Å². The van der Waals surface area contributed by atoms with E-state index in [1.807, 2.05) is 0 Å². The van der Waals surface area contributed by atoms with Crippen LogP contribution in [0.1, 0.15) is 25.0 Å². The molecule has 0 saturated heterocycles. The molecule has 9 aromatic carbocycles. The van der Waals surface area contributed by atoms with Crippen LogP contribution in [0.5, 0.6) is 0 Å². The van der Waals surface area contributed by atoms with Gasteiger partial charge in [0.2, 0.25) is 0 Å². The lowest BCUT2D eigenvalue weighted by molar-refractivity contribution is 0.662. The normalized spacial score (nSPS) is 12.6. The summed E-state index contributed by atoms with van der Waals surface area (Å²) in [5.74, 6) is 0. The van der Waals surface area contributed by atoms with E-state index in [-0.39, 0.29) is 5.41 Å². The maximum Gasteiger partial charge on any atom is 0.0540 e. The zero-order valence-corrected chi connectivity index (χ0v) is 31.7. The van der Waals surface area contributed by atoms with E-state index in [2.05, 4.69) is 231 Å². The van der Waals surface area contributed by atoms with Crippen molar-refractivity contribution in [1.29, 1.82) is 0 Å². The Kier molecular flexibility index (Phi) is 8.23. The Morgan fingerprint density at radius 1 is 0.339 bits per heavy atom. The van der Waals surface area contributed by atoms with Gasteiger partial charge < -0.3 is 4.90 Å². The zero-order chi connectivity index (χ0) is 37.6. The maximum absolute atomic E-state index is 2.43. The van der Waals surface area contributed by atoms with Crippen LogP contribution in [0.4, 0.5) is 17.1 Å². The van der Waals surface area contributed by atoms with E-state index in [4.69, 9.17) is 0 Å². The van der Waals surface area contributed by atoms with Gasteiger partial charge in [0.25, 0.3) is 0 Å². The predicted octanol–water partition coefficient (Wildman–Crippen LogP) is 15.3. The zero-order valence-electron chi connectivity index (χ0n) is 31.7. The molecule has 0 spiro atoms. The molecule has 0 saturated carbocycles. The van der Waals surface area contributed by atoms with Gasteiger partial charge in [-0.25, -0.2) is 0 Å². The third-order valence-electron chi connectivity index (χ3n) is 11.6. The van der Waals surface area contributed by atoms with Crippen LogP contribution >= 0.6 is 0 Å². The third-order valence-corrected chi connectivity index (χ3v) is 11.6. The number of para-hydroxylation sites is 1. The van der Waals surface area contributed by atoms with Crippen LogP contribution in [0.25, 0.3) is 66.4 Å². The van der Waals surface area contributed by atoms with E-state index < -0.39 is 0 Å². The van der Waals surface area contributed by atoms with E-state index >= 15 is 0 Å². The molecule has 0 aliphatic heterocycles. The Morgan fingerprint density at radius 3 is 1.77 bits per heavy atom. The van der Waals surface area contributed by atoms with Crippen molar-refractivity contribution in [1.82, 2.24) is 0 Å². The van der Waals surface area contributed by atoms with Crippen molar-refractivity contribution < 1.29 is 0 Å². The quantitative estimate of drug-likeness (QED) is 0.159. The molecular weight excluding hydrogens is 675 g/mol. The number of anilines is 3. The van der Waals surface area contributed by atoms with Gasteiger partial charge in [-0.2, -0.15) is 0 Å². The summed E-state index contributed by atoms with van der Waals surface area (Å²) >= 11 is 0. The van der Waals surface area contributed by atoms with Crippen LogP contribution in [0, 0.1) is 0 Å². The Morgan fingerprint density at radius 2 is 0.911 bits per heavy atom. The fraction of sp³-hybridized carbons (Fsp3) is 0.0545. The highest BCUT2D eigenvalue weighted by Gasteiger charge is 2.37. The van der Waals surface area contributed by atoms with E-state index in [1.54, 1.807) is 0 Å². The van der Waals surface area contributed by atoms with Crippen LogP contribution in [0.3, 0.4) is 0 Å². The van der Waals surface area contributed by atoms with Crippen molar-refractivity contribution in [2.75, 3.05) is 4.90 Å². The molecule has 1 heteroatoms. The van der Waals surface area contributed by atoms with Crippen molar-refractivity contribution >= 4 is 27.8 Å². The third kappa shape index (κ3) is 5.72. The molecule has 0 fully saturated rings. The first-order valence-corrected chi connectivity index (χ1v) is 19.5. The summed E-state index contributed by atoms with van der Waals surface area (Å²) in [7, 11) is 0. The molecule has 56 heavy (non-hydrogen) atoms. The summed E-state index contributed by atoms with van der Waals surface area (Å²) in [4.78, 5) is 2.43. The molecule has 10 rings (SSSR count). The fourth-order valence-electron chi connectivity index (χ4n) is 9.00. The summed E-state index contributed by atoms with van der Waals surface area (Å²) in [6, 6.07) is 77.5. The first-order chi connectivity index (χ1) is 27.5. The molecule has 1 nitrogen and oxygen atoms in total. The summed E-state index contributed by atoms with van der Waals surface area (Å²) in [5, 5.41) is 2.49. The Balaban J connectivity index is 1.13. The van der Waals surface area contributed by atoms with E-state index in [9.17, 15) is 0 Å². The minimum absolute atomic E-state index is 0.0947. The number of fused-ring (bicyclic) bond motifs is 4. The monoisotopic (exact) mass is 715 g/mol. The summed E-state index contributed by atoms with van der Waals surface area (Å²) in [5.41, 5.74) is 18.4. The molecular formula is C55H41N. The van der Waals surface area contributed by atoms with Gasteiger partial charge in [-0.1, -0.05) is 190 Å². The van der Waals surface area contributed by atoms with Gasteiger partial charge in [0.1, 0.15) is 0 Å². The minimum atomic E-state index is -0.0947. The van der Waals surface area contributed by atoms with Gasteiger partial charge >= 0.3 is 0 Å². The van der Waals surface area contributed by atoms with E-state index in [1.165, 1.54) is 77.5 Å². The van der Waals surface area contributed by atoms with Gasteiger partial charge in [-0.15, -0.1) is 0 Å². The average molecular weight is 716 g/mol. The lowest BCUT2D eigenvalue weighted by atomic mass is 9.79. The summed E-state index contributed by atoms with van der Waals surface area (Å²) < 4.78 is 0. The molecule has 0 atom stereocenters. The largest absolute Gasteiger partial charge is 0.310 e. The van der Waals surface area contributed by atoms with Crippen LogP contribution in [-0.4, -0.2) is 0 Å². The van der Waals surface area contributed by atoms with E-state index in [0.29, 0.717) is 0 Å². The average Bonchev–Trinajstić information content (AvgIpc) is 3.50. The van der Waals surface area contributed by atoms with Crippen LogP contribution in [0.2, 0.25) is 0 Å². The van der Waals surface area contributed by atoms with Gasteiger partial charge in [0.15, 0.2) is 0 Å². The van der Waals surface area contributed by atoms with Crippen molar-refractivity contribution in [2.24, 2.45) is 0 Å². The topological polar surface area (TPSA) is 3.24 Å². The highest BCUT2D eigenvalue weighted by molar-refractivity contribution is 5.98. The molecule has 1 aliphatic carbocycles. The molecule has 0 radical (unpaired) electrons. The maximum atomic E-state index is 2.43. The molecule has 0 unspecified atom stereocenters. The number of hydrogen-bond acceptors (Lipinski definition) is 1. The van der Waals surface area contributed by atoms with E-state index in [0.717, 1.165) is 17.1 Å². The molecule has 0 amide bonds. The van der Waals surface area contributed by atoms with Crippen molar-refractivity contribution in [3.8, 4) is 55.6 Å². The summed E-state index contributed by atoms with van der Waals surface area (Å²) in [6.45, 7) is 4.73. The highest BCUT2D eigenvalue weighted by atomic mass is 15.1. The smallest absolute Gasteiger partial charge is 0.0540 e. The molecule has 0 aromatic heterocycles. The van der Waals surface area contributed by atoms with Gasteiger partial charge in [-0.05, 0) is 108 Å². The highest BCUT2D eigenvalue weighted by Crippen LogP contribution is 2.52. The lowest BCUT2D eigenvalue weighted by Gasteiger charge is -2.29. The van der Waals surface area contributed by atoms with Crippen molar-refractivity contribution in [2.45, 2.75) is 19.3 Å². The first-order valence-electron chi connectivity index (χ1n) is 19.5. The lowest BCUT2D eigenvalue weighted by Crippen LogP contribution is -2.16. The second kappa shape index (κ2) is 13.7. The molecule has 0 bridgehead atoms. The second-order valence-corrected chi connectivity index (χ2v) is 15.3. The predicted molar refractivity (Wildman–Crippen MR) is 238 cm³/mol. The number of rotatable bonds is 7. The fourth-order valence-corrected chi connectivity index (χ4v) is 9.00. The van der Waals surface area contributed by atoms with Gasteiger partial charge in [-0.3, -0.25) is 0 Å². The van der Waals surface area contributed by atoms with Crippen LogP contribution < -0.4 is 4.90 Å². The first kappa shape index (κ1) is 33.6. The molecule has 0 heterocycles.